The Morgan fingerprint density at radius 3 is 2.72 bits per heavy atom. The summed E-state index contributed by atoms with van der Waals surface area (Å²) in [5.74, 6) is -0.484. The van der Waals surface area contributed by atoms with Gasteiger partial charge in [0, 0.05) is 55.4 Å². The van der Waals surface area contributed by atoms with Crippen LogP contribution in [-0.4, -0.2) is 59.3 Å². The summed E-state index contributed by atoms with van der Waals surface area (Å²) in [7, 11) is 3.71. The maximum atomic E-state index is 13.3. The van der Waals surface area contributed by atoms with Gasteiger partial charge < -0.3 is 19.9 Å². The first-order valence-electron chi connectivity index (χ1n) is 10.9. The number of nitrogens with one attached hydrogen (secondary N) is 1. The lowest BCUT2D eigenvalue weighted by Crippen LogP contribution is -2.33. The summed E-state index contributed by atoms with van der Waals surface area (Å²) in [4.78, 5) is 24.4. The van der Waals surface area contributed by atoms with E-state index < -0.39 is 0 Å². The van der Waals surface area contributed by atoms with Crippen molar-refractivity contribution in [3.8, 4) is 0 Å². The lowest BCUT2D eigenvalue weighted by atomic mass is 9.91. The number of aliphatic imine (C=N–C) groups is 1. The lowest BCUT2D eigenvalue weighted by Gasteiger charge is -2.28. The fourth-order valence-electron chi connectivity index (χ4n) is 4.48. The van der Waals surface area contributed by atoms with Gasteiger partial charge in [0.15, 0.2) is 5.76 Å². The predicted molar refractivity (Wildman–Crippen MR) is 130 cm³/mol. The topological polar surface area (TPSA) is 71.9 Å². The Labute approximate surface area is 188 Å². The minimum atomic E-state index is -0.342. The molecule has 2 N–H and O–H groups in total. The van der Waals surface area contributed by atoms with Crippen molar-refractivity contribution in [3.63, 3.8) is 0 Å². The zero-order valence-electron chi connectivity index (χ0n) is 19.1. The lowest BCUT2D eigenvalue weighted by molar-refractivity contribution is -0.129. The van der Waals surface area contributed by atoms with Crippen LogP contribution in [0, 0.1) is 13.8 Å². The molecule has 0 saturated heterocycles. The quantitative estimate of drug-likeness (QED) is 0.424. The Morgan fingerprint density at radius 1 is 1.19 bits per heavy atom. The number of aliphatic hydroxyl groups excluding tert-OH is 1. The molecule has 166 valence electrons. The molecule has 1 unspecified atom stereocenters. The van der Waals surface area contributed by atoms with Gasteiger partial charge in [-0.3, -0.25) is 9.79 Å². The van der Waals surface area contributed by atoms with Crippen molar-refractivity contribution in [2.24, 2.45) is 4.99 Å². The number of nitrogens with zero attached hydrogens (tertiary/aromatic N) is 3. The minimum absolute atomic E-state index is 0.165. The number of rotatable bonds is 7. The Kier molecular flexibility index (Phi) is 6.04. The van der Waals surface area contributed by atoms with Crippen LogP contribution < -0.4 is 0 Å². The highest BCUT2D eigenvalue weighted by molar-refractivity contribution is 6.08. The molecule has 1 aliphatic rings. The van der Waals surface area contributed by atoms with E-state index in [2.05, 4.69) is 42.0 Å². The number of amides is 1. The van der Waals surface area contributed by atoms with Crippen LogP contribution in [0.3, 0.4) is 0 Å². The number of hydrogen-bond acceptors (Lipinski definition) is 3. The highest BCUT2D eigenvalue weighted by atomic mass is 16.3. The highest BCUT2D eigenvalue weighted by Crippen LogP contribution is 2.45. The highest BCUT2D eigenvalue weighted by Gasteiger charge is 2.41. The van der Waals surface area contributed by atoms with Crippen molar-refractivity contribution < 1.29 is 9.90 Å². The first kappa shape index (κ1) is 21.7. The molecule has 0 bridgehead atoms. The molecule has 6 nitrogen and oxygen atoms in total. The number of para-hydroxylation sites is 1. The van der Waals surface area contributed by atoms with Crippen molar-refractivity contribution in [3.05, 3.63) is 76.7 Å². The van der Waals surface area contributed by atoms with E-state index in [1.807, 2.05) is 42.4 Å². The Hall–Kier alpha value is -3.54. The van der Waals surface area contributed by atoms with Gasteiger partial charge >= 0.3 is 0 Å². The van der Waals surface area contributed by atoms with Crippen molar-refractivity contribution >= 4 is 28.7 Å². The number of aromatic amines is 1. The summed E-state index contributed by atoms with van der Waals surface area (Å²) < 4.78 is 0. The molecular formula is C26H30N4O2. The van der Waals surface area contributed by atoms with Crippen LogP contribution in [0.25, 0.3) is 16.5 Å². The first-order valence-corrected chi connectivity index (χ1v) is 10.9. The number of fused-ring (bicyclic) bond motifs is 1. The van der Waals surface area contributed by atoms with E-state index in [0.29, 0.717) is 12.1 Å². The number of aromatic nitrogens is 1. The number of H-pyrrole nitrogens is 1. The number of hydrogen-bond donors (Lipinski definition) is 2. The summed E-state index contributed by atoms with van der Waals surface area (Å²) >= 11 is 0. The van der Waals surface area contributed by atoms with Crippen LogP contribution in [0.15, 0.2) is 59.4 Å². The van der Waals surface area contributed by atoms with Gasteiger partial charge in [0.1, 0.15) is 0 Å². The number of carbonyl (C=O) groups excluding carboxylic acids is 1. The van der Waals surface area contributed by atoms with Crippen LogP contribution in [-0.2, 0) is 4.79 Å². The summed E-state index contributed by atoms with van der Waals surface area (Å²) in [5.41, 5.74) is 5.89. The SMILES string of the molecule is CN=CN(C)CCCN1C(=O)C(O)=C(c2c[nH]c3ccccc23)C1c1ccc(C)c(C)c1. The van der Waals surface area contributed by atoms with E-state index in [1.165, 1.54) is 11.1 Å². The van der Waals surface area contributed by atoms with Gasteiger partial charge in [0.2, 0.25) is 0 Å². The maximum Gasteiger partial charge on any atom is 0.289 e. The fraction of sp³-hybridized carbons (Fsp3) is 0.308. The van der Waals surface area contributed by atoms with E-state index in [-0.39, 0.29) is 17.7 Å². The Balaban J connectivity index is 1.76. The minimum Gasteiger partial charge on any atom is -0.503 e. The van der Waals surface area contributed by atoms with E-state index in [0.717, 1.165) is 35.0 Å². The molecule has 1 amide bonds. The third-order valence-corrected chi connectivity index (χ3v) is 6.25. The second-order valence-corrected chi connectivity index (χ2v) is 8.46. The molecular weight excluding hydrogens is 400 g/mol. The fourth-order valence-corrected chi connectivity index (χ4v) is 4.48. The second kappa shape index (κ2) is 8.91. The average molecular weight is 431 g/mol. The molecule has 0 saturated carbocycles. The zero-order valence-corrected chi connectivity index (χ0v) is 19.1. The standard InChI is InChI=1S/C26H30N4O2/c1-17-10-11-19(14-18(17)2)24-23(21-15-28-22-9-6-5-8-20(21)22)25(31)26(32)30(24)13-7-12-29(4)16-27-3/h5-6,8-11,14-16,24,28,31H,7,12-13H2,1-4H3. The van der Waals surface area contributed by atoms with E-state index in [4.69, 9.17) is 0 Å². The van der Waals surface area contributed by atoms with Crippen molar-refractivity contribution in [1.29, 1.82) is 0 Å². The van der Waals surface area contributed by atoms with Crippen LogP contribution >= 0.6 is 0 Å². The Morgan fingerprint density at radius 2 is 1.97 bits per heavy atom. The summed E-state index contributed by atoms with van der Waals surface area (Å²) in [6.07, 6.45) is 4.44. The normalized spacial score (nSPS) is 16.7. The number of benzene rings is 2. The second-order valence-electron chi connectivity index (χ2n) is 8.46. The van der Waals surface area contributed by atoms with Gasteiger partial charge in [-0.15, -0.1) is 0 Å². The molecule has 0 radical (unpaired) electrons. The summed E-state index contributed by atoms with van der Waals surface area (Å²) in [6.45, 7) is 5.46. The molecule has 0 aliphatic carbocycles. The first-order chi connectivity index (χ1) is 15.4. The van der Waals surface area contributed by atoms with Crippen LogP contribution in [0.2, 0.25) is 0 Å². The van der Waals surface area contributed by atoms with Gasteiger partial charge in [-0.1, -0.05) is 36.4 Å². The predicted octanol–water partition coefficient (Wildman–Crippen LogP) is 4.62. The summed E-state index contributed by atoms with van der Waals surface area (Å²) in [6, 6.07) is 13.9. The van der Waals surface area contributed by atoms with E-state index in [9.17, 15) is 9.90 Å². The average Bonchev–Trinajstić information content (AvgIpc) is 3.30. The molecule has 2 heterocycles. The van der Waals surface area contributed by atoms with Gasteiger partial charge in [0.25, 0.3) is 5.91 Å². The molecule has 1 aromatic heterocycles. The zero-order chi connectivity index (χ0) is 22.8. The van der Waals surface area contributed by atoms with Crippen molar-refractivity contribution in [2.45, 2.75) is 26.3 Å². The third kappa shape index (κ3) is 3.88. The van der Waals surface area contributed by atoms with Crippen molar-refractivity contribution in [1.82, 2.24) is 14.8 Å². The third-order valence-electron chi connectivity index (χ3n) is 6.25. The van der Waals surface area contributed by atoms with Gasteiger partial charge in [-0.25, -0.2) is 0 Å². The molecule has 1 atom stereocenters. The molecule has 1 aliphatic heterocycles. The molecule has 2 aromatic carbocycles. The smallest absolute Gasteiger partial charge is 0.289 e. The van der Waals surface area contributed by atoms with Crippen LogP contribution in [0.5, 0.6) is 0 Å². The number of carbonyl (C=O) groups is 1. The molecule has 3 aromatic rings. The number of aryl methyl sites for hydroxylation is 2. The van der Waals surface area contributed by atoms with E-state index >= 15 is 0 Å². The van der Waals surface area contributed by atoms with Crippen molar-refractivity contribution in [2.75, 3.05) is 27.2 Å². The molecule has 6 heteroatoms. The van der Waals surface area contributed by atoms with Crippen LogP contribution in [0.4, 0.5) is 0 Å². The molecule has 0 spiro atoms. The maximum absolute atomic E-state index is 13.3. The molecule has 4 rings (SSSR count). The van der Waals surface area contributed by atoms with Gasteiger partial charge in [0.05, 0.1) is 12.4 Å². The summed E-state index contributed by atoms with van der Waals surface area (Å²) in [5, 5.41) is 12.0. The van der Waals surface area contributed by atoms with Gasteiger partial charge in [-0.2, -0.15) is 0 Å². The molecule has 32 heavy (non-hydrogen) atoms. The number of aliphatic hydroxyl groups is 1. The van der Waals surface area contributed by atoms with Crippen LogP contribution in [0.1, 0.15) is 34.7 Å². The Bertz CT molecular complexity index is 1210. The largest absolute Gasteiger partial charge is 0.503 e. The van der Waals surface area contributed by atoms with Gasteiger partial charge in [-0.05, 0) is 43.0 Å². The monoisotopic (exact) mass is 430 g/mol. The molecule has 0 fully saturated rings. The van der Waals surface area contributed by atoms with E-state index in [1.54, 1.807) is 18.3 Å².